The quantitative estimate of drug-likeness (QED) is 0.494. The zero-order valence-corrected chi connectivity index (χ0v) is 12.9. The molecule has 0 spiro atoms. The Labute approximate surface area is 122 Å². The topological polar surface area (TPSA) is 74.6 Å². The zero-order valence-electron chi connectivity index (χ0n) is 12.9. The van der Waals surface area contributed by atoms with Crippen molar-refractivity contribution in [3.8, 4) is 0 Å². The number of aliphatic carboxylic acids is 2. The average molecular weight is 286 g/mol. The molecule has 1 unspecified atom stereocenters. The molecule has 0 aliphatic rings. The van der Waals surface area contributed by atoms with Gasteiger partial charge in [0, 0.05) is 12.8 Å². The van der Waals surface area contributed by atoms with Crippen LogP contribution in [0, 0.1) is 11.8 Å². The van der Waals surface area contributed by atoms with E-state index in [0.717, 1.165) is 44.9 Å². The molecule has 4 nitrogen and oxygen atoms in total. The number of unbranched alkanes of at least 4 members (excludes halogenated alkanes) is 6. The fraction of sp³-hybridized carbons (Fsp3) is 0.875. The molecule has 4 heteroatoms. The van der Waals surface area contributed by atoms with Gasteiger partial charge in [-0.3, -0.25) is 9.59 Å². The van der Waals surface area contributed by atoms with Gasteiger partial charge >= 0.3 is 11.9 Å². The lowest BCUT2D eigenvalue weighted by Gasteiger charge is -2.18. The van der Waals surface area contributed by atoms with Crippen LogP contribution in [0.2, 0.25) is 0 Å². The Hall–Kier alpha value is -1.06. The van der Waals surface area contributed by atoms with Crippen LogP contribution in [0.3, 0.4) is 0 Å². The maximum atomic E-state index is 10.8. The third-order valence-electron chi connectivity index (χ3n) is 3.85. The van der Waals surface area contributed by atoms with Crippen LogP contribution in [-0.4, -0.2) is 22.2 Å². The molecule has 118 valence electrons. The molecule has 0 aliphatic carbocycles. The molecule has 0 rings (SSSR count). The molecular weight excluding hydrogens is 256 g/mol. The Balaban J connectivity index is 3.45. The lowest BCUT2D eigenvalue weighted by molar-refractivity contribution is -0.139. The lowest BCUT2D eigenvalue weighted by atomic mass is 9.87. The number of hydrogen-bond donors (Lipinski definition) is 2. The van der Waals surface area contributed by atoms with Crippen molar-refractivity contribution in [2.24, 2.45) is 11.8 Å². The highest BCUT2D eigenvalue weighted by molar-refractivity contribution is 5.67. The van der Waals surface area contributed by atoms with Crippen LogP contribution in [0.1, 0.15) is 78.1 Å². The van der Waals surface area contributed by atoms with Crippen molar-refractivity contribution in [1.29, 1.82) is 0 Å². The molecule has 20 heavy (non-hydrogen) atoms. The molecule has 0 aromatic carbocycles. The molecule has 0 amide bonds. The first-order valence-corrected chi connectivity index (χ1v) is 7.87. The first-order valence-electron chi connectivity index (χ1n) is 7.87. The van der Waals surface area contributed by atoms with Gasteiger partial charge in [0.25, 0.3) is 0 Å². The van der Waals surface area contributed by atoms with Crippen molar-refractivity contribution in [3.05, 3.63) is 0 Å². The van der Waals surface area contributed by atoms with Crippen LogP contribution >= 0.6 is 0 Å². The molecule has 0 radical (unpaired) electrons. The minimum atomic E-state index is -0.705. The van der Waals surface area contributed by atoms with Crippen molar-refractivity contribution < 1.29 is 19.8 Å². The minimum Gasteiger partial charge on any atom is -0.481 e. The molecule has 0 saturated heterocycles. The molecule has 1 atom stereocenters. The summed E-state index contributed by atoms with van der Waals surface area (Å²) in [4.78, 5) is 21.1. The highest BCUT2D eigenvalue weighted by Gasteiger charge is 2.16. The van der Waals surface area contributed by atoms with Crippen LogP contribution in [-0.2, 0) is 9.59 Å². The molecule has 0 saturated carbocycles. The third kappa shape index (κ3) is 12.0. The monoisotopic (exact) mass is 286 g/mol. The van der Waals surface area contributed by atoms with Gasteiger partial charge in [-0.15, -0.1) is 0 Å². The summed E-state index contributed by atoms with van der Waals surface area (Å²) in [6, 6.07) is 0. The Kier molecular flexibility index (Phi) is 11.1. The number of hydrogen-bond acceptors (Lipinski definition) is 2. The van der Waals surface area contributed by atoms with Crippen LogP contribution in [0.4, 0.5) is 0 Å². The van der Waals surface area contributed by atoms with Crippen LogP contribution in [0.15, 0.2) is 0 Å². The number of carboxylic acids is 2. The van der Waals surface area contributed by atoms with Crippen molar-refractivity contribution >= 4 is 11.9 Å². The first kappa shape index (κ1) is 18.9. The molecule has 0 aliphatic heterocycles. The summed E-state index contributed by atoms with van der Waals surface area (Å²) in [7, 11) is 0. The van der Waals surface area contributed by atoms with Crippen molar-refractivity contribution in [2.45, 2.75) is 78.1 Å². The predicted octanol–water partition coefficient (Wildman–Crippen LogP) is 4.33. The van der Waals surface area contributed by atoms with E-state index in [4.69, 9.17) is 10.2 Å². The highest BCUT2D eigenvalue weighted by atomic mass is 16.4. The Morgan fingerprint density at radius 3 is 1.75 bits per heavy atom. The van der Waals surface area contributed by atoms with Gasteiger partial charge < -0.3 is 10.2 Å². The molecule has 0 bridgehead atoms. The second kappa shape index (κ2) is 11.7. The van der Waals surface area contributed by atoms with E-state index in [2.05, 4.69) is 13.8 Å². The van der Waals surface area contributed by atoms with E-state index in [1.54, 1.807) is 0 Å². The van der Waals surface area contributed by atoms with Crippen LogP contribution < -0.4 is 0 Å². The zero-order chi connectivity index (χ0) is 15.4. The van der Waals surface area contributed by atoms with E-state index >= 15 is 0 Å². The Morgan fingerprint density at radius 2 is 1.30 bits per heavy atom. The average Bonchev–Trinajstić information content (AvgIpc) is 2.34. The molecular formula is C16H30O4. The summed E-state index contributed by atoms with van der Waals surface area (Å²) in [5, 5.41) is 17.4. The smallest absolute Gasteiger partial charge is 0.303 e. The number of carbonyl (C=O) groups is 2. The Morgan fingerprint density at radius 1 is 0.800 bits per heavy atom. The molecule has 0 aromatic heterocycles. The largest absolute Gasteiger partial charge is 0.481 e. The van der Waals surface area contributed by atoms with Gasteiger partial charge in [-0.2, -0.15) is 0 Å². The summed E-state index contributed by atoms with van der Waals surface area (Å²) in [5.41, 5.74) is 0. The van der Waals surface area contributed by atoms with Gasteiger partial charge in [0.05, 0.1) is 0 Å². The normalized spacial score (nSPS) is 12.6. The molecule has 0 aromatic rings. The van der Waals surface area contributed by atoms with Gasteiger partial charge in [-0.05, 0) is 24.7 Å². The van der Waals surface area contributed by atoms with E-state index in [1.165, 1.54) is 6.42 Å². The summed E-state index contributed by atoms with van der Waals surface area (Å²) in [6.45, 7) is 4.19. The highest BCUT2D eigenvalue weighted by Crippen LogP contribution is 2.22. The summed E-state index contributed by atoms with van der Waals surface area (Å²) in [6.07, 6.45) is 9.04. The number of carboxylic acid groups (broad SMARTS) is 2. The van der Waals surface area contributed by atoms with Gasteiger partial charge in [0.1, 0.15) is 0 Å². The number of rotatable bonds is 13. The van der Waals surface area contributed by atoms with Gasteiger partial charge in [0.2, 0.25) is 0 Å². The van der Waals surface area contributed by atoms with E-state index in [1.807, 2.05) is 0 Å². The van der Waals surface area contributed by atoms with E-state index in [0.29, 0.717) is 11.8 Å². The van der Waals surface area contributed by atoms with Crippen molar-refractivity contribution in [1.82, 2.24) is 0 Å². The third-order valence-corrected chi connectivity index (χ3v) is 3.85. The predicted molar refractivity (Wildman–Crippen MR) is 79.8 cm³/mol. The van der Waals surface area contributed by atoms with Crippen molar-refractivity contribution in [3.63, 3.8) is 0 Å². The second-order valence-corrected chi connectivity index (χ2v) is 6.01. The van der Waals surface area contributed by atoms with Crippen molar-refractivity contribution in [2.75, 3.05) is 0 Å². The minimum absolute atomic E-state index is 0.283. The maximum absolute atomic E-state index is 10.8. The summed E-state index contributed by atoms with van der Waals surface area (Å²) < 4.78 is 0. The van der Waals surface area contributed by atoms with Gasteiger partial charge in [-0.25, -0.2) is 0 Å². The summed E-state index contributed by atoms with van der Waals surface area (Å²) >= 11 is 0. The Bertz CT molecular complexity index is 274. The second-order valence-electron chi connectivity index (χ2n) is 6.01. The molecule has 2 N–H and O–H groups in total. The van der Waals surface area contributed by atoms with Crippen LogP contribution in [0.25, 0.3) is 0 Å². The van der Waals surface area contributed by atoms with E-state index < -0.39 is 11.9 Å². The van der Waals surface area contributed by atoms with Gasteiger partial charge in [-0.1, -0.05) is 52.4 Å². The standard InChI is InChI=1S/C16H30O4/c1-13(2)14(12-16(19)20)10-8-6-4-3-5-7-9-11-15(17)18/h13-14H,3-12H2,1-2H3,(H,17,18)(H,19,20). The fourth-order valence-corrected chi connectivity index (χ4v) is 2.46. The first-order chi connectivity index (χ1) is 9.43. The summed E-state index contributed by atoms with van der Waals surface area (Å²) in [5.74, 6) is -0.671. The maximum Gasteiger partial charge on any atom is 0.303 e. The molecule has 0 fully saturated rings. The van der Waals surface area contributed by atoms with Gasteiger partial charge in [0.15, 0.2) is 0 Å². The lowest BCUT2D eigenvalue weighted by Crippen LogP contribution is -2.13. The molecule has 0 heterocycles. The van der Waals surface area contributed by atoms with Crippen LogP contribution in [0.5, 0.6) is 0 Å². The SMILES string of the molecule is CC(C)C(CCCCCCCCCC(=O)O)CC(=O)O. The van der Waals surface area contributed by atoms with E-state index in [9.17, 15) is 9.59 Å². The van der Waals surface area contributed by atoms with E-state index in [-0.39, 0.29) is 12.8 Å². The fourth-order valence-electron chi connectivity index (χ4n) is 2.46.